The lowest BCUT2D eigenvalue weighted by molar-refractivity contribution is 0.509. The Bertz CT molecular complexity index is 464. The van der Waals surface area contributed by atoms with E-state index in [1.165, 1.54) is 44.2 Å². The second kappa shape index (κ2) is 8.49. The number of likely N-dealkylation sites (N-methyl/N-ethyl adjacent to an activating group) is 1. The normalized spacial score (nSPS) is 17.9. The first kappa shape index (κ1) is 17.2. The number of hydrogen-bond acceptors (Lipinski definition) is 2. The quantitative estimate of drug-likeness (QED) is 0.705. The van der Waals surface area contributed by atoms with Crippen molar-refractivity contribution in [2.75, 3.05) is 12.8 Å². The molecule has 21 heavy (non-hydrogen) atoms. The lowest BCUT2D eigenvalue weighted by atomic mass is 10.0. The fourth-order valence-corrected chi connectivity index (χ4v) is 4.56. The van der Waals surface area contributed by atoms with Gasteiger partial charge in [-0.15, -0.1) is 0 Å². The highest BCUT2D eigenvalue weighted by atomic mass is 79.9. The van der Waals surface area contributed by atoms with Crippen LogP contribution in [0.3, 0.4) is 0 Å². The van der Waals surface area contributed by atoms with Gasteiger partial charge in [0, 0.05) is 22.6 Å². The molecular formula is C16H22BrF2NS. The lowest BCUT2D eigenvalue weighted by Gasteiger charge is -2.24. The Morgan fingerprint density at radius 1 is 1.29 bits per heavy atom. The Hall–Kier alpha value is -0.130. The molecule has 1 saturated carbocycles. The molecule has 1 aliphatic rings. The number of rotatable bonds is 6. The van der Waals surface area contributed by atoms with Gasteiger partial charge >= 0.3 is 0 Å². The Morgan fingerprint density at radius 2 is 2.00 bits per heavy atom. The minimum absolute atomic E-state index is 0.0928. The van der Waals surface area contributed by atoms with Crippen molar-refractivity contribution in [1.82, 2.24) is 5.32 Å². The molecule has 0 heterocycles. The van der Waals surface area contributed by atoms with Crippen molar-refractivity contribution >= 4 is 27.7 Å². The molecule has 1 aromatic rings. The molecule has 1 atom stereocenters. The summed E-state index contributed by atoms with van der Waals surface area (Å²) >= 11 is 5.07. The summed E-state index contributed by atoms with van der Waals surface area (Å²) in [6.45, 7) is 0. The van der Waals surface area contributed by atoms with E-state index < -0.39 is 11.6 Å². The van der Waals surface area contributed by atoms with Crippen LogP contribution in [0.1, 0.15) is 37.7 Å². The van der Waals surface area contributed by atoms with Crippen molar-refractivity contribution in [2.45, 2.75) is 49.8 Å². The summed E-state index contributed by atoms with van der Waals surface area (Å²) in [5.41, 5.74) is 0.174. The van der Waals surface area contributed by atoms with Gasteiger partial charge in [-0.25, -0.2) is 8.78 Å². The third kappa shape index (κ3) is 4.93. The van der Waals surface area contributed by atoms with Crippen LogP contribution >= 0.6 is 27.7 Å². The van der Waals surface area contributed by atoms with E-state index in [2.05, 4.69) is 21.2 Å². The molecule has 1 fully saturated rings. The third-order valence-electron chi connectivity index (χ3n) is 4.08. The van der Waals surface area contributed by atoms with Crippen molar-refractivity contribution < 1.29 is 8.78 Å². The molecule has 0 amide bonds. The van der Waals surface area contributed by atoms with Crippen molar-refractivity contribution in [3.05, 3.63) is 33.8 Å². The largest absolute Gasteiger partial charge is 0.316 e. The standard InChI is InChI=1S/C16H22BrF2NS/c1-20-11(10-21-12-5-3-2-4-6-12)9-13-15(18)8-7-14(17)16(13)19/h7-8,11-12,20H,2-6,9-10H2,1H3. The first-order valence-electron chi connectivity index (χ1n) is 7.53. The van der Waals surface area contributed by atoms with Crippen LogP contribution < -0.4 is 5.32 Å². The summed E-state index contributed by atoms with van der Waals surface area (Å²) in [5.74, 6) is -0.0384. The Labute approximate surface area is 138 Å². The average molecular weight is 378 g/mol. The molecule has 0 bridgehead atoms. The van der Waals surface area contributed by atoms with E-state index in [9.17, 15) is 8.78 Å². The number of halogens is 3. The SMILES string of the molecule is CNC(CSC1CCCCC1)Cc1c(F)ccc(Br)c1F. The summed E-state index contributed by atoms with van der Waals surface area (Å²) in [6, 6.07) is 2.83. The Morgan fingerprint density at radius 3 is 2.67 bits per heavy atom. The predicted molar refractivity (Wildman–Crippen MR) is 89.9 cm³/mol. The maximum atomic E-state index is 14.0. The van der Waals surface area contributed by atoms with Crippen LogP contribution in [0, 0.1) is 11.6 Å². The lowest BCUT2D eigenvalue weighted by Crippen LogP contribution is -2.32. The smallest absolute Gasteiger partial charge is 0.143 e. The highest BCUT2D eigenvalue weighted by molar-refractivity contribution is 9.10. The number of thioether (sulfide) groups is 1. The van der Waals surface area contributed by atoms with E-state index in [1.807, 2.05) is 18.8 Å². The van der Waals surface area contributed by atoms with Gasteiger partial charge in [0.1, 0.15) is 11.6 Å². The molecule has 0 aliphatic heterocycles. The van der Waals surface area contributed by atoms with Crippen LogP contribution in [0.5, 0.6) is 0 Å². The number of nitrogens with one attached hydrogen (secondary N) is 1. The van der Waals surface area contributed by atoms with E-state index in [4.69, 9.17) is 0 Å². The fourth-order valence-electron chi connectivity index (χ4n) is 2.73. The summed E-state index contributed by atoms with van der Waals surface area (Å²) < 4.78 is 28.2. The summed E-state index contributed by atoms with van der Waals surface area (Å²) in [7, 11) is 1.86. The maximum Gasteiger partial charge on any atom is 0.143 e. The Balaban J connectivity index is 1.94. The minimum atomic E-state index is -0.474. The van der Waals surface area contributed by atoms with Crippen LogP contribution in [-0.2, 0) is 6.42 Å². The van der Waals surface area contributed by atoms with E-state index in [0.29, 0.717) is 16.1 Å². The molecule has 2 rings (SSSR count). The van der Waals surface area contributed by atoms with Gasteiger partial charge in [0.15, 0.2) is 0 Å². The molecule has 5 heteroatoms. The molecule has 1 unspecified atom stereocenters. The van der Waals surface area contributed by atoms with Gasteiger partial charge in [0.25, 0.3) is 0 Å². The molecule has 118 valence electrons. The van der Waals surface area contributed by atoms with Crippen molar-refractivity contribution in [2.24, 2.45) is 0 Å². The van der Waals surface area contributed by atoms with Gasteiger partial charge in [-0.1, -0.05) is 19.3 Å². The average Bonchev–Trinajstić information content (AvgIpc) is 2.51. The monoisotopic (exact) mass is 377 g/mol. The van der Waals surface area contributed by atoms with E-state index in [-0.39, 0.29) is 11.6 Å². The van der Waals surface area contributed by atoms with Gasteiger partial charge < -0.3 is 5.32 Å². The van der Waals surface area contributed by atoms with Gasteiger partial charge in [-0.3, -0.25) is 0 Å². The topological polar surface area (TPSA) is 12.0 Å². The van der Waals surface area contributed by atoms with Gasteiger partial charge in [-0.2, -0.15) is 11.8 Å². The second-order valence-electron chi connectivity index (χ2n) is 5.60. The molecule has 1 aromatic carbocycles. The number of hydrogen-bond donors (Lipinski definition) is 1. The van der Waals surface area contributed by atoms with E-state index >= 15 is 0 Å². The van der Waals surface area contributed by atoms with Crippen LogP contribution in [0.15, 0.2) is 16.6 Å². The van der Waals surface area contributed by atoms with E-state index in [0.717, 1.165) is 5.75 Å². The summed E-state index contributed by atoms with van der Waals surface area (Å²) in [6.07, 6.45) is 6.92. The van der Waals surface area contributed by atoms with Crippen LogP contribution in [0.4, 0.5) is 8.78 Å². The summed E-state index contributed by atoms with van der Waals surface area (Å²) in [4.78, 5) is 0. The highest BCUT2D eigenvalue weighted by Gasteiger charge is 2.19. The molecular weight excluding hydrogens is 356 g/mol. The van der Waals surface area contributed by atoms with Crippen LogP contribution in [0.25, 0.3) is 0 Å². The van der Waals surface area contributed by atoms with E-state index in [1.54, 1.807) is 0 Å². The molecule has 1 nitrogen and oxygen atoms in total. The first-order valence-corrected chi connectivity index (χ1v) is 9.37. The molecule has 0 spiro atoms. The molecule has 0 aromatic heterocycles. The molecule has 1 aliphatic carbocycles. The zero-order valence-electron chi connectivity index (χ0n) is 12.3. The van der Waals surface area contributed by atoms with Gasteiger partial charge in [0.2, 0.25) is 0 Å². The van der Waals surface area contributed by atoms with Gasteiger partial charge in [0.05, 0.1) is 4.47 Å². The Kier molecular flexibility index (Phi) is 6.96. The van der Waals surface area contributed by atoms with Crippen molar-refractivity contribution in [3.63, 3.8) is 0 Å². The molecule has 0 radical (unpaired) electrons. The van der Waals surface area contributed by atoms with Crippen molar-refractivity contribution in [3.8, 4) is 0 Å². The summed E-state index contributed by atoms with van der Waals surface area (Å²) in [5, 5.41) is 3.91. The molecule has 1 N–H and O–H groups in total. The van der Waals surface area contributed by atoms with Crippen LogP contribution in [0.2, 0.25) is 0 Å². The van der Waals surface area contributed by atoms with Crippen molar-refractivity contribution in [1.29, 1.82) is 0 Å². The van der Waals surface area contributed by atoms with Crippen LogP contribution in [-0.4, -0.2) is 24.1 Å². The fraction of sp³-hybridized carbons (Fsp3) is 0.625. The third-order valence-corrected chi connectivity index (χ3v) is 6.23. The number of benzene rings is 1. The maximum absolute atomic E-state index is 14.0. The first-order chi connectivity index (χ1) is 10.1. The highest BCUT2D eigenvalue weighted by Crippen LogP contribution is 2.29. The molecule has 0 saturated heterocycles. The second-order valence-corrected chi connectivity index (χ2v) is 7.79. The zero-order chi connectivity index (χ0) is 15.2. The minimum Gasteiger partial charge on any atom is -0.316 e. The van der Waals surface area contributed by atoms with Gasteiger partial charge in [-0.05, 0) is 54.4 Å². The zero-order valence-corrected chi connectivity index (χ0v) is 14.7. The predicted octanol–water partition coefficient (Wildman–Crippen LogP) is 4.92.